The summed E-state index contributed by atoms with van der Waals surface area (Å²) in [5.41, 5.74) is -0.507. The summed E-state index contributed by atoms with van der Waals surface area (Å²) >= 11 is 1.45. The predicted molar refractivity (Wildman–Crippen MR) is 87.2 cm³/mol. The maximum absolute atomic E-state index is 12.4. The Morgan fingerprint density at radius 3 is 2.73 bits per heavy atom. The number of amides is 2. The Morgan fingerprint density at radius 1 is 1.41 bits per heavy atom. The summed E-state index contributed by atoms with van der Waals surface area (Å²) in [4.78, 5) is 28.8. The second-order valence-corrected chi connectivity index (χ2v) is 7.56. The average Bonchev–Trinajstić information content (AvgIpc) is 2.98. The molecule has 1 aliphatic heterocycles. The highest BCUT2D eigenvalue weighted by atomic mass is 32.1. The molecule has 1 atom stereocenters. The van der Waals surface area contributed by atoms with E-state index in [4.69, 9.17) is 4.74 Å². The van der Waals surface area contributed by atoms with E-state index in [9.17, 15) is 9.59 Å². The molecule has 1 aliphatic rings. The van der Waals surface area contributed by atoms with Gasteiger partial charge in [-0.1, -0.05) is 6.07 Å². The van der Waals surface area contributed by atoms with Crippen LogP contribution in [0.25, 0.3) is 0 Å². The van der Waals surface area contributed by atoms with E-state index in [0.717, 1.165) is 24.3 Å². The highest BCUT2D eigenvalue weighted by Crippen LogP contribution is 2.20. The smallest absolute Gasteiger partial charge is 0.410 e. The normalized spacial score (nSPS) is 18.9. The predicted octanol–water partition coefficient (Wildman–Crippen LogP) is 3.22. The van der Waals surface area contributed by atoms with Gasteiger partial charge in [-0.05, 0) is 45.1 Å². The Balaban J connectivity index is 1.98. The molecule has 0 N–H and O–H groups in total. The molecule has 22 heavy (non-hydrogen) atoms. The summed E-state index contributed by atoms with van der Waals surface area (Å²) in [6, 6.07) is 3.73. The lowest BCUT2D eigenvalue weighted by atomic mass is 10.0. The van der Waals surface area contributed by atoms with Crippen molar-refractivity contribution in [2.24, 2.45) is 0 Å². The van der Waals surface area contributed by atoms with Gasteiger partial charge in [0.1, 0.15) is 5.60 Å². The van der Waals surface area contributed by atoms with Crippen LogP contribution in [-0.4, -0.2) is 53.6 Å². The number of nitrogens with zero attached hydrogens (tertiary/aromatic N) is 2. The molecule has 0 spiro atoms. The zero-order valence-electron chi connectivity index (χ0n) is 13.7. The molecule has 0 bridgehead atoms. The Kier molecular flexibility index (Phi) is 5.11. The third kappa shape index (κ3) is 4.22. The fourth-order valence-corrected chi connectivity index (χ4v) is 3.19. The largest absolute Gasteiger partial charge is 0.444 e. The van der Waals surface area contributed by atoms with Crippen molar-refractivity contribution in [3.63, 3.8) is 0 Å². The maximum Gasteiger partial charge on any atom is 0.410 e. The monoisotopic (exact) mass is 324 g/mol. The Bertz CT molecular complexity index is 522. The standard InChI is InChI=1S/C16H24N2O3S/c1-16(2,3)21-15(20)17(4)12-7-5-9-18(11-12)14(19)13-8-6-10-22-13/h6,8,10,12H,5,7,9,11H2,1-4H3/t12-/m1/s1. The number of likely N-dealkylation sites (N-methyl/N-ethyl adjacent to an activating group) is 1. The number of ether oxygens (including phenoxy) is 1. The van der Waals surface area contributed by atoms with Gasteiger partial charge < -0.3 is 14.5 Å². The third-order valence-corrected chi connectivity index (χ3v) is 4.50. The SMILES string of the molecule is CN(C(=O)OC(C)(C)C)[C@@H]1CCCN(C(=O)c2cccs2)C1. The molecule has 2 amide bonds. The molecule has 1 fully saturated rings. The van der Waals surface area contributed by atoms with Crippen LogP contribution in [0.2, 0.25) is 0 Å². The molecule has 0 unspecified atom stereocenters. The first-order chi connectivity index (χ1) is 10.3. The molecule has 1 saturated heterocycles. The number of piperidine rings is 1. The molecule has 5 nitrogen and oxygen atoms in total. The van der Waals surface area contributed by atoms with E-state index in [2.05, 4.69) is 0 Å². The molecule has 1 aromatic heterocycles. The summed E-state index contributed by atoms with van der Waals surface area (Å²) in [6.07, 6.45) is 1.46. The summed E-state index contributed by atoms with van der Waals surface area (Å²) in [5, 5.41) is 1.90. The fraction of sp³-hybridized carbons (Fsp3) is 0.625. The van der Waals surface area contributed by atoms with Crippen LogP contribution in [0, 0.1) is 0 Å². The van der Waals surface area contributed by atoms with Gasteiger partial charge in [0, 0.05) is 20.1 Å². The van der Waals surface area contributed by atoms with Gasteiger partial charge in [0.15, 0.2) is 0 Å². The topological polar surface area (TPSA) is 49.9 Å². The van der Waals surface area contributed by atoms with Crippen molar-refractivity contribution in [3.8, 4) is 0 Å². The fourth-order valence-electron chi connectivity index (χ4n) is 2.49. The lowest BCUT2D eigenvalue weighted by Gasteiger charge is -2.37. The van der Waals surface area contributed by atoms with Gasteiger partial charge in [-0.25, -0.2) is 4.79 Å². The minimum Gasteiger partial charge on any atom is -0.444 e. The van der Waals surface area contributed by atoms with E-state index in [1.54, 1.807) is 11.9 Å². The van der Waals surface area contributed by atoms with Crippen molar-refractivity contribution < 1.29 is 14.3 Å². The van der Waals surface area contributed by atoms with Crippen molar-refractivity contribution in [1.29, 1.82) is 0 Å². The summed E-state index contributed by atoms with van der Waals surface area (Å²) in [5.74, 6) is 0.0530. The van der Waals surface area contributed by atoms with E-state index in [1.165, 1.54) is 11.3 Å². The molecule has 1 aromatic rings. The molecule has 6 heteroatoms. The molecular formula is C16H24N2O3S. The number of carbonyl (C=O) groups excluding carboxylic acids is 2. The van der Waals surface area contributed by atoms with Gasteiger partial charge in [0.2, 0.25) is 0 Å². The minimum atomic E-state index is -0.507. The number of hydrogen-bond acceptors (Lipinski definition) is 4. The first kappa shape index (κ1) is 16.8. The maximum atomic E-state index is 12.4. The van der Waals surface area contributed by atoms with Crippen LogP contribution in [0.15, 0.2) is 17.5 Å². The van der Waals surface area contributed by atoms with E-state index in [-0.39, 0.29) is 18.0 Å². The van der Waals surface area contributed by atoms with Gasteiger partial charge in [0.05, 0.1) is 10.9 Å². The van der Waals surface area contributed by atoms with Gasteiger partial charge in [-0.3, -0.25) is 4.79 Å². The van der Waals surface area contributed by atoms with Crippen molar-refractivity contribution in [2.45, 2.75) is 45.3 Å². The van der Waals surface area contributed by atoms with E-state index in [0.29, 0.717) is 6.54 Å². The molecule has 0 aliphatic carbocycles. The molecule has 122 valence electrons. The first-order valence-electron chi connectivity index (χ1n) is 7.56. The molecular weight excluding hydrogens is 300 g/mol. The van der Waals surface area contributed by atoms with Crippen LogP contribution in [0.5, 0.6) is 0 Å². The van der Waals surface area contributed by atoms with Gasteiger partial charge >= 0.3 is 6.09 Å². The second kappa shape index (κ2) is 6.69. The lowest BCUT2D eigenvalue weighted by molar-refractivity contribution is 0.0132. The zero-order valence-corrected chi connectivity index (χ0v) is 14.5. The average molecular weight is 324 g/mol. The molecule has 0 aromatic carbocycles. The number of likely N-dealkylation sites (tertiary alicyclic amines) is 1. The van der Waals surface area contributed by atoms with Crippen LogP contribution in [0.3, 0.4) is 0 Å². The highest BCUT2D eigenvalue weighted by Gasteiger charge is 2.31. The number of carbonyl (C=O) groups is 2. The second-order valence-electron chi connectivity index (χ2n) is 6.62. The van der Waals surface area contributed by atoms with Crippen LogP contribution in [0.4, 0.5) is 4.79 Å². The van der Waals surface area contributed by atoms with Crippen molar-refractivity contribution in [2.75, 3.05) is 20.1 Å². The Hall–Kier alpha value is -1.56. The molecule has 0 radical (unpaired) electrons. The summed E-state index contributed by atoms with van der Waals surface area (Å²) in [6.45, 7) is 6.87. The third-order valence-electron chi connectivity index (χ3n) is 3.64. The van der Waals surface area contributed by atoms with E-state index in [1.807, 2.05) is 43.2 Å². The van der Waals surface area contributed by atoms with Crippen molar-refractivity contribution in [3.05, 3.63) is 22.4 Å². The number of rotatable bonds is 2. The highest BCUT2D eigenvalue weighted by molar-refractivity contribution is 7.12. The first-order valence-corrected chi connectivity index (χ1v) is 8.44. The number of hydrogen-bond donors (Lipinski definition) is 0. The van der Waals surface area contributed by atoms with Gasteiger partial charge in [-0.2, -0.15) is 0 Å². The minimum absolute atomic E-state index is 0.00696. The van der Waals surface area contributed by atoms with Crippen LogP contribution < -0.4 is 0 Å². The summed E-state index contributed by atoms with van der Waals surface area (Å²) < 4.78 is 5.41. The van der Waals surface area contributed by atoms with Crippen LogP contribution in [-0.2, 0) is 4.74 Å². The quantitative estimate of drug-likeness (QED) is 0.839. The molecule has 2 heterocycles. The zero-order chi connectivity index (χ0) is 16.3. The van der Waals surface area contributed by atoms with Gasteiger partial charge in [-0.15, -0.1) is 11.3 Å². The van der Waals surface area contributed by atoms with Crippen molar-refractivity contribution in [1.82, 2.24) is 9.80 Å². The van der Waals surface area contributed by atoms with Crippen LogP contribution in [0.1, 0.15) is 43.3 Å². The van der Waals surface area contributed by atoms with Gasteiger partial charge in [0.25, 0.3) is 5.91 Å². The summed E-state index contributed by atoms with van der Waals surface area (Å²) in [7, 11) is 1.75. The molecule has 2 rings (SSSR count). The van der Waals surface area contributed by atoms with Crippen molar-refractivity contribution >= 4 is 23.3 Å². The Morgan fingerprint density at radius 2 is 2.14 bits per heavy atom. The lowest BCUT2D eigenvalue weighted by Crippen LogP contribution is -2.51. The Labute approximate surface area is 135 Å². The number of thiophene rings is 1. The van der Waals surface area contributed by atoms with Crippen LogP contribution >= 0.6 is 11.3 Å². The van der Waals surface area contributed by atoms with E-state index >= 15 is 0 Å². The molecule has 0 saturated carbocycles. The van der Waals surface area contributed by atoms with E-state index < -0.39 is 5.60 Å².